The fourth-order valence-electron chi connectivity index (χ4n) is 4.22. The van der Waals surface area contributed by atoms with Crippen LogP contribution in [0.4, 0.5) is 36.2 Å². The number of benzene rings is 1. The Bertz CT molecular complexity index is 1000. The number of nitrogens with one attached hydrogen (secondary N) is 1. The van der Waals surface area contributed by atoms with Crippen molar-refractivity contribution in [2.75, 3.05) is 61.4 Å². The van der Waals surface area contributed by atoms with E-state index in [0.717, 1.165) is 38.4 Å². The molecule has 0 saturated carbocycles. The molecule has 3 N–H and O–H groups in total. The summed E-state index contributed by atoms with van der Waals surface area (Å²) in [5.41, 5.74) is 4.89. The van der Waals surface area contributed by atoms with E-state index < -0.39 is 17.6 Å². The molecular weight excluding hydrogens is 435 g/mol. The third-order valence-electron chi connectivity index (χ3n) is 6.08. The van der Waals surface area contributed by atoms with Crippen molar-refractivity contribution in [1.82, 2.24) is 14.9 Å². The molecule has 0 unspecified atom stereocenters. The topological polar surface area (TPSA) is 90.6 Å². The number of carbonyl (C=O) groups excluding carboxylic acids is 1. The zero-order chi connectivity index (χ0) is 23.6. The van der Waals surface area contributed by atoms with E-state index in [0.29, 0.717) is 32.0 Å². The molecule has 11 heteroatoms. The van der Waals surface area contributed by atoms with Gasteiger partial charge in [-0.3, -0.25) is 4.79 Å². The first-order valence-electron chi connectivity index (χ1n) is 11.1. The van der Waals surface area contributed by atoms with Gasteiger partial charge in [0.1, 0.15) is 5.82 Å². The third kappa shape index (κ3) is 5.29. The van der Waals surface area contributed by atoms with Crippen molar-refractivity contribution in [3.63, 3.8) is 0 Å². The number of likely N-dealkylation sites (N-methyl/N-ethyl adjacent to an activating group) is 1. The second-order valence-corrected chi connectivity index (χ2v) is 8.48. The SMILES string of the molecule is CN1CCN(c2ccc(Nc3nc(N4CCCCC4)cnc3C(N)=O)cc2C(F)(F)F)CC1. The van der Waals surface area contributed by atoms with Crippen LogP contribution in [0.15, 0.2) is 24.4 Å². The lowest BCUT2D eigenvalue weighted by Gasteiger charge is -2.35. The smallest absolute Gasteiger partial charge is 0.368 e. The lowest BCUT2D eigenvalue weighted by atomic mass is 10.1. The van der Waals surface area contributed by atoms with Crippen molar-refractivity contribution in [3.05, 3.63) is 35.7 Å². The molecule has 4 rings (SSSR count). The van der Waals surface area contributed by atoms with E-state index in [4.69, 9.17) is 5.73 Å². The number of amides is 1. The van der Waals surface area contributed by atoms with Crippen LogP contribution in [0.5, 0.6) is 0 Å². The van der Waals surface area contributed by atoms with Crippen molar-refractivity contribution in [2.24, 2.45) is 5.73 Å². The van der Waals surface area contributed by atoms with E-state index in [1.54, 1.807) is 11.0 Å². The van der Waals surface area contributed by atoms with Gasteiger partial charge < -0.3 is 25.8 Å². The van der Waals surface area contributed by atoms with Crippen LogP contribution in [-0.2, 0) is 6.18 Å². The number of nitrogens with two attached hydrogens (primary N) is 1. The second kappa shape index (κ2) is 9.42. The Morgan fingerprint density at radius 3 is 2.36 bits per heavy atom. The third-order valence-corrected chi connectivity index (χ3v) is 6.08. The molecule has 0 aliphatic carbocycles. The number of halogens is 3. The monoisotopic (exact) mass is 463 g/mol. The van der Waals surface area contributed by atoms with Crippen LogP contribution < -0.4 is 20.9 Å². The van der Waals surface area contributed by atoms with Crippen LogP contribution in [0.25, 0.3) is 0 Å². The predicted octanol–water partition coefficient (Wildman–Crippen LogP) is 3.08. The van der Waals surface area contributed by atoms with E-state index in [2.05, 4.69) is 20.2 Å². The molecule has 2 aliphatic heterocycles. The number of alkyl halides is 3. The Kier molecular flexibility index (Phi) is 6.59. The molecule has 0 radical (unpaired) electrons. The molecule has 178 valence electrons. The van der Waals surface area contributed by atoms with Gasteiger partial charge in [0.15, 0.2) is 11.5 Å². The number of carbonyl (C=O) groups is 1. The Balaban J connectivity index is 1.66. The minimum atomic E-state index is -4.54. The van der Waals surface area contributed by atoms with Gasteiger partial charge in [-0.25, -0.2) is 9.97 Å². The van der Waals surface area contributed by atoms with Gasteiger partial charge in [-0.2, -0.15) is 13.2 Å². The van der Waals surface area contributed by atoms with Gasteiger partial charge in [0, 0.05) is 50.6 Å². The number of piperazine rings is 1. The Morgan fingerprint density at radius 1 is 1.03 bits per heavy atom. The van der Waals surface area contributed by atoms with Gasteiger partial charge >= 0.3 is 6.18 Å². The van der Waals surface area contributed by atoms with Crippen LogP contribution in [-0.4, -0.2) is 67.1 Å². The molecule has 0 bridgehead atoms. The van der Waals surface area contributed by atoms with Crippen LogP contribution >= 0.6 is 0 Å². The summed E-state index contributed by atoms with van der Waals surface area (Å²) in [6.07, 6.45) is 0.113. The normalized spacial score (nSPS) is 17.8. The van der Waals surface area contributed by atoms with Gasteiger partial charge in [-0.1, -0.05) is 0 Å². The lowest BCUT2D eigenvalue weighted by Crippen LogP contribution is -2.45. The van der Waals surface area contributed by atoms with Crippen molar-refractivity contribution >= 4 is 28.9 Å². The average molecular weight is 464 g/mol. The number of nitrogens with zero attached hydrogens (tertiary/aromatic N) is 5. The van der Waals surface area contributed by atoms with E-state index in [9.17, 15) is 18.0 Å². The molecule has 8 nitrogen and oxygen atoms in total. The highest BCUT2D eigenvalue weighted by molar-refractivity contribution is 5.96. The fourth-order valence-corrected chi connectivity index (χ4v) is 4.22. The number of hydrogen-bond acceptors (Lipinski definition) is 7. The first-order chi connectivity index (χ1) is 15.7. The van der Waals surface area contributed by atoms with Crippen molar-refractivity contribution in [2.45, 2.75) is 25.4 Å². The molecule has 0 spiro atoms. The zero-order valence-electron chi connectivity index (χ0n) is 18.5. The van der Waals surface area contributed by atoms with Crippen LogP contribution in [0.1, 0.15) is 35.3 Å². The number of hydrogen-bond donors (Lipinski definition) is 2. The largest absolute Gasteiger partial charge is 0.418 e. The van der Waals surface area contributed by atoms with Gasteiger partial charge in [0.2, 0.25) is 0 Å². The fraction of sp³-hybridized carbons (Fsp3) is 0.500. The van der Waals surface area contributed by atoms with E-state index in [1.807, 2.05) is 11.9 Å². The number of primary amides is 1. The molecular formula is C22H28F3N7O. The molecule has 1 aromatic heterocycles. The molecule has 1 aromatic carbocycles. The first-order valence-corrected chi connectivity index (χ1v) is 11.1. The molecule has 3 heterocycles. The molecule has 1 amide bonds. The Hall–Kier alpha value is -3.08. The highest BCUT2D eigenvalue weighted by Crippen LogP contribution is 2.39. The van der Waals surface area contributed by atoms with Gasteiger partial charge in [-0.15, -0.1) is 0 Å². The van der Waals surface area contributed by atoms with Crippen molar-refractivity contribution < 1.29 is 18.0 Å². The molecule has 2 saturated heterocycles. The van der Waals surface area contributed by atoms with Crippen molar-refractivity contribution in [3.8, 4) is 0 Å². The minimum absolute atomic E-state index is 0.0473. The van der Waals surface area contributed by atoms with Gasteiger partial charge in [-0.05, 0) is 44.5 Å². The maximum atomic E-state index is 13.9. The number of anilines is 4. The summed E-state index contributed by atoms with van der Waals surface area (Å²) in [7, 11) is 1.95. The zero-order valence-corrected chi connectivity index (χ0v) is 18.5. The number of piperidine rings is 1. The highest BCUT2D eigenvalue weighted by atomic mass is 19.4. The van der Waals surface area contributed by atoms with Crippen molar-refractivity contribution in [1.29, 1.82) is 0 Å². The number of aromatic nitrogens is 2. The molecule has 2 aliphatic rings. The van der Waals surface area contributed by atoms with Crippen LogP contribution in [0.2, 0.25) is 0 Å². The van der Waals surface area contributed by atoms with Gasteiger partial charge in [0.25, 0.3) is 5.91 Å². The van der Waals surface area contributed by atoms with Crippen LogP contribution in [0, 0.1) is 0 Å². The molecule has 33 heavy (non-hydrogen) atoms. The highest BCUT2D eigenvalue weighted by Gasteiger charge is 2.36. The summed E-state index contributed by atoms with van der Waals surface area (Å²) in [6, 6.07) is 4.07. The second-order valence-electron chi connectivity index (χ2n) is 8.48. The Labute approximate surface area is 190 Å². The van der Waals surface area contributed by atoms with Gasteiger partial charge in [0.05, 0.1) is 11.8 Å². The van der Waals surface area contributed by atoms with Crippen LogP contribution in [0.3, 0.4) is 0 Å². The van der Waals surface area contributed by atoms with E-state index >= 15 is 0 Å². The summed E-state index contributed by atoms with van der Waals surface area (Å²) in [6.45, 7) is 4.03. The molecule has 2 aromatic rings. The molecule has 0 atom stereocenters. The summed E-state index contributed by atoms with van der Waals surface area (Å²) in [5, 5.41) is 2.86. The first kappa shape index (κ1) is 23.1. The summed E-state index contributed by atoms with van der Waals surface area (Å²) >= 11 is 0. The Morgan fingerprint density at radius 2 is 1.73 bits per heavy atom. The lowest BCUT2D eigenvalue weighted by molar-refractivity contribution is -0.137. The summed E-state index contributed by atoms with van der Waals surface area (Å²) in [5.74, 6) is -0.196. The maximum absolute atomic E-state index is 13.9. The predicted molar refractivity (Wildman–Crippen MR) is 121 cm³/mol. The summed E-state index contributed by atoms with van der Waals surface area (Å²) < 4.78 is 41.8. The van der Waals surface area contributed by atoms with E-state index in [1.165, 1.54) is 12.3 Å². The quantitative estimate of drug-likeness (QED) is 0.704. The average Bonchev–Trinajstić information content (AvgIpc) is 2.79. The minimum Gasteiger partial charge on any atom is -0.368 e. The number of rotatable bonds is 5. The molecule has 2 fully saturated rings. The standard InChI is InChI=1S/C22H28F3N7O/c1-30-9-11-31(12-10-30)17-6-5-15(13-16(17)22(23,24)25)28-21-19(20(26)33)27-14-18(29-21)32-7-3-2-4-8-32/h5-6,13-14H,2-4,7-12H2,1H3,(H2,26,33)(H,28,29). The maximum Gasteiger partial charge on any atom is 0.418 e. The summed E-state index contributed by atoms with van der Waals surface area (Å²) in [4.78, 5) is 26.4. The van der Waals surface area contributed by atoms with E-state index in [-0.39, 0.29) is 22.9 Å².